The second-order valence-electron chi connectivity index (χ2n) is 40.4. The normalized spacial score (nSPS) is 11.7. The van der Waals surface area contributed by atoms with Crippen molar-refractivity contribution in [1.29, 1.82) is 0 Å². The van der Waals surface area contributed by atoms with E-state index in [0.29, 0.717) is 110 Å². The lowest BCUT2D eigenvalue weighted by Crippen LogP contribution is -2.31. The lowest BCUT2D eigenvalue weighted by molar-refractivity contribution is -0.151. The first-order valence-electron chi connectivity index (χ1n) is 59.0. The average molecular weight is 2090 g/mol. The summed E-state index contributed by atoms with van der Waals surface area (Å²) in [5.41, 5.74) is 0. The van der Waals surface area contributed by atoms with Crippen molar-refractivity contribution in [3.8, 4) is 0 Å². The number of allylic oxidation sites excluding steroid dienone is 7. The van der Waals surface area contributed by atoms with Crippen molar-refractivity contribution in [2.75, 3.05) is 138 Å². The van der Waals surface area contributed by atoms with Gasteiger partial charge in [-0.1, -0.05) is 364 Å². The van der Waals surface area contributed by atoms with Crippen LogP contribution < -0.4 is 0 Å². The van der Waals surface area contributed by atoms with Crippen LogP contribution in [0.5, 0.6) is 0 Å². The van der Waals surface area contributed by atoms with E-state index < -0.39 is 0 Å². The Hall–Kier alpha value is -5.14. The van der Waals surface area contributed by atoms with E-state index in [-0.39, 0.29) is 69.8 Å². The Morgan fingerprint density at radius 1 is 0.201 bits per heavy atom. The van der Waals surface area contributed by atoms with E-state index in [0.717, 1.165) is 230 Å². The molecule has 0 spiro atoms. The molecule has 0 aliphatic heterocycles. The molecule has 842 valence electrons. The Bertz CT molecular complexity index is 3030. The molecule has 0 saturated carbocycles. The molecule has 0 aliphatic carbocycles. The topological polar surface area (TPSA) is 228 Å². The van der Waals surface area contributed by atoms with Gasteiger partial charge in [0.25, 0.3) is 15.7 Å². The van der Waals surface area contributed by atoms with Gasteiger partial charge in [-0.05, 0) is 235 Å². The quantitative estimate of drug-likeness (QED) is 0.0238. The molecular formula is C120H224N6O15S3. The maximum absolute atomic E-state index is 13.1. The van der Waals surface area contributed by atoms with Gasteiger partial charge in [0.2, 0.25) is 0 Å². The fraction of sp³-hybridized carbons (Fsp3) is 0.842. The number of thioether (sulfide) groups is 3. The monoisotopic (exact) mass is 2090 g/mol. The molecule has 0 N–H and O–H groups in total. The predicted molar refractivity (Wildman–Crippen MR) is 617 cm³/mol. The molecule has 0 atom stereocenters. The predicted octanol–water partition coefficient (Wildman–Crippen LogP) is 33.0. The largest absolute Gasteiger partial charge is 0.462 e. The van der Waals surface area contributed by atoms with Crippen molar-refractivity contribution in [2.24, 2.45) is 0 Å². The van der Waals surface area contributed by atoms with Gasteiger partial charge in [0.1, 0.15) is 38.1 Å². The first-order valence-corrected chi connectivity index (χ1v) is 62.0. The van der Waals surface area contributed by atoms with E-state index >= 15 is 0 Å². The molecule has 0 aromatic carbocycles. The molecule has 0 bridgehead atoms. The zero-order chi connectivity index (χ0) is 107. The zero-order valence-electron chi connectivity index (χ0n) is 95.7. The minimum atomic E-state index is -0.178. The number of nitrogens with zero attached hydrogens (tertiary/aromatic N) is 6. The fourth-order valence-corrected chi connectivity index (χ4v) is 19.1. The number of esters is 6. The minimum Gasteiger partial charge on any atom is -0.462 e. The second-order valence-corrected chi connectivity index (χ2v) is 43.5. The van der Waals surface area contributed by atoms with E-state index in [9.17, 15) is 43.2 Å². The molecule has 0 aliphatic rings. The lowest BCUT2D eigenvalue weighted by Gasteiger charge is -2.23. The van der Waals surface area contributed by atoms with Crippen molar-refractivity contribution < 1.29 is 71.6 Å². The molecule has 24 heteroatoms. The summed E-state index contributed by atoms with van der Waals surface area (Å²) < 4.78 is 34.0. The summed E-state index contributed by atoms with van der Waals surface area (Å²) in [5.74, 6) is 1.35. The molecule has 21 nitrogen and oxygen atoms in total. The third kappa shape index (κ3) is 107. The van der Waals surface area contributed by atoms with Crippen LogP contribution in [0, 0.1) is 0 Å². The summed E-state index contributed by atoms with van der Waals surface area (Å²) in [7, 11) is 12.1. The van der Waals surface area contributed by atoms with Crippen molar-refractivity contribution in [2.45, 2.75) is 517 Å². The van der Waals surface area contributed by atoms with Crippen LogP contribution in [0.4, 0.5) is 14.4 Å². The summed E-state index contributed by atoms with van der Waals surface area (Å²) in [4.78, 5) is 126. The Balaban J connectivity index is -0.00000207. The highest BCUT2D eigenvalue weighted by atomic mass is 32.2. The number of hydrogen-bond donors (Lipinski definition) is 0. The first-order chi connectivity index (χ1) is 70.0. The van der Waals surface area contributed by atoms with Crippen molar-refractivity contribution in [3.05, 3.63) is 60.8 Å². The number of carbonyl (C=O) groups is 9. The van der Waals surface area contributed by atoms with E-state index in [2.05, 4.69) is 120 Å². The fourth-order valence-electron chi connectivity index (χ4n) is 16.2. The van der Waals surface area contributed by atoms with Gasteiger partial charge < -0.3 is 57.8 Å². The smallest absolute Gasteiger partial charge is 0.306 e. The van der Waals surface area contributed by atoms with Crippen LogP contribution in [0.15, 0.2) is 60.8 Å². The lowest BCUT2D eigenvalue weighted by atomic mass is 10.0. The van der Waals surface area contributed by atoms with Crippen LogP contribution in [0.3, 0.4) is 0 Å². The molecule has 0 saturated heterocycles. The highest BCUT2D eigenvalue weighted by molar-refractivity contribution is 8.14. The van der Waals surface area contributed by atoms with Crippen molar-refractivity contribution in [1.82, 2.24) is 29.4 Å². The van der Waals surface area contributed by atoms with E-state index in [4.69, 9.17) is 28.4 Å². The third-order valence-corrected chi connectivity index (χ3v) is 28.0. The van der Waals surface area contributed by atoms with Gasteiger partial charge in [-0.25, -0.2) is 0 Å². The van der Waals surface area contributed by atoms with Crippen LogP contribution in [-0.2, 0) is 57.2 Å². The van der Waals surface area contributed by atoms with Crippen molar-refractivity contribution in [3.63, 3.8) is 0 Å². The van der Waals surface area contributed by atoms with Crippen LogP contribution in [-0.4, -0.2) is 238 Å². The number of hydrogen-bond acceptors (Lipinski definition) is 21. The third-order valence-electron chi connectivity index (χ3n) is 25.3. The maximum Gasteiger partial charge on any atom is 0.306 e. The highest BCUT2D eigenvalue weighted by Gasteiger charge is 2.23. The number of unbranched alkanes of at least 4 members (excludes halogenated alkanes) is 39. The second kappa shape index (κ2) is 113. The van der Waals surface area contributed by atoms with Gasteiger partial charge >= 0.3 is 35.8 Å². The van der Waals surface area contributed by atoms with Crippen LogP contribution in [0.2, 0.25) is 0 Å². The molecule has 0 radical (unpaired) electrons. The van der Waals surface area contributed by atoms with Crippen LogP contribution >= 0.6 is 35.3 Å². The van der Waals surface area contributed by atoms with E-state index in [1.165, 1.54) is 228 Å². The summed E-state index contributed by atoms with van der Waals surface area (Å²) in [5, 5.41) is 0.225. The molecule has 0 aromatic rings. The summed E-state index contributed by atoms with van der Waals surface area (Å²) >= 11 is 4.05. The van der Waals surface area contributed by atoms with Gasteiger partial charge in [0, 0.05) is 115 Å². The Morgan fingerprint density at radius 2 is 0.410 bits per heavy atom. The van der Waals surface area contributed by atoms with Gasteiger partial charge in [0.05, 0.1) is 0 Å². The van der Waals surface area contributed by atoms with E-state index in [1.54, 1.807) is 0 Å². The summed E-state index contributed by atoms with van der Waals surface area (Å²) in [6.07, 6.45) is 90.2. The number of ether oxygens (including phenoxy) is 6. The average Bonchev–Trinajstić information content (AvgIpc) is 0.934. The van der Waals surface area contributed by atoms with E-state index in [1.807, 2.05) is 75.2 Å². The minimum absolute atomic E-state index is 0.0161. The highest BCUT2D eigenvalue weighted by Crippen LogP contribution is 2.25. The van der Waals surface area contributed by atoms with Gasteiger partial charge in [-0.3, -0.25) is 43.2 Å². The molecular weight excluding hydrogens is 1860 g/mol. The number of carbonyl (C=O) groups excluding carboxylic acids is 9. The Kier molecular flexibility index (Phi) is 113. The Labute approximate surface area is 898 Å². The number of amides is 3. The van der Waals surface area contributed by atoms with Crippen LogP contribution in [0.25, 0.3) is 0 Å². The molecule has 144 heavy (non-hydrogen) atoms. The standard InChI is InChI=1S/C41H78N2O5S.C40H76N2O5S.C39H70N2O5S/c1-6-9-12-15-18-21-27-36-47-39(44)31-25-22-26-33-43(41(46)49-37-35-42(4)5)34-28-32-40(45)48-38(29-23-19-16-13-10-7-2)30-24-20-17-14-11-8-3;1-6-9-12-15-16-19-27-35-46-38(43)30-23-20-25-32-42(40(45)48-36-34-41(4)5)33-26-24-31-39(44)47-37(28-21-17-13-10-7-2)29-22-18-14-11-8-3;1-6-9-12-15-16-19-25-34-45-37(42)29-23-20-24-31-41(39(44)47-35-33-40(4)5)32-26-30-38(43)46-36(27-21-17-13-10-7-2)28-22-18-14-11-8-3/h21,27,38H,6-20,22-26,28-37H2,1-5H3;19,27,37H,6-18,20-26,28-36H2,1-5H3;13-14,17-19,25,36H,6-12,15-16,20-24,26-35H2,1-5H3/b27-21-;27-19-;17-13+,18-14+,25-19-. The zero-order valence-corrected chi connectivity index (χ0v) is 98.2. The maximum atomic E-state index is 13.1. The molecule has 0 heterocycles. The summed E-state index contributed by atoms with van der Waals surface area (Å²) in [6, 6.07) is 0. The molecule has 0 unspecified atom stereocenters. The number of rotatable bonds is 100. The van der Waals surface area contributed by atoms with Gasteiger partial charge in [-0.2, -0.15) is 0 Å². The van der Waals surface area contributed by atoms with Crippen LogP contribution in [0.1, 0.15) is 499 Å². The Morgan fingerprint density at radius 3 is 0.681 bits per heavy atom. The first kappa shape index (κ1) is 143. The van der Waals surface area contributed by atoms with Crippen molar-refractivity contribution >= 4 is 86.8 Å². The molecule has 0 aromatic heterocycles. The molecule has 3 amide bonds. The molecule has 0 fully saturated rings. The summed E-state index contributed by atoms with van der Waals surface area (Å²) in [6.45, 7) is 27.1. The van der Waals surface area contributed by atoms with Gasteiger partial charge in [0.15, 0.2) is 0 Å². The SMILES string of the molecule is CCC/C=C/CCC(CC/C=C/CCC)OC(=O)CCCN(CCCCCC(=O)OC/C=C\CCCCCC)C(=O)SCCN(C)C.CCCCCC/C=C\COC(=O)CCCCCN(CCCC(=O)OC(CCCCCCCC)CCCCCCCC)C(=O)SCCN(C)C.CCCCCC/C=C\COC(=O)CCCCCN(CCCCC(=O)OC(CCCCCCC)CCCCCCC)C(=O)SCCN(C)C. The molecule has 0 rings (SSSR count). The van der Waals surface area contributed by atoms with Gasteiger partial charge in [-0.15, -0.1) is 0 Å².